The van der Waals surface area contributed by atoms with Crippen molar-refractivity contribution in [3.63, 3.8) is 0 Å². The quantitative estimate of drug-likeness (QED) is 0.570. The van der Waals surface area contributed by atoms with Gasteiger partial charge in [0.15, 0.2) is 0 Å². The number of urea groups is 1. The van der Waals surface area contributed by atoms with Crippen molar-refractivity contribution in [1.82, 2.24) is 15.2 Å². The van der Waals surface area contributed by atoms with E-state index in [2.05, 4.69) is 4.98 Å². The minimum atomic E-state index is -0.883. The predicted molar refractivity (Wildman–Crippen MR) is 53.0 cm³/mol. The topological polar surface area (TPSA) is 79.4 Å². The molecule has 1 aliphatic heterocycles. The lowest BCUT2D eigenvalue weighted by atomic mass is 10.1. The second-order valence-corrected chi connectivity index (χ2v) is 3.39. The van der Waals surface area contributed by atoms with E-state index in [1.54, 1.807) is 31.5 Å². The van der Waals surface area contributed by atoms with Crippen molar-refractivity contribution >= 4 is 17.8 Å². The number of imide groups is 2. The molecule has 2 rings (SSSR count). The zero-order chi connectivity index (χ0) is 11.7. The van der Waals surface area contributed by atoms with Gasteiger partial charge in [0.05, 0.1) is 6.04 Å². The van der Waals surface area contributed by atoms with Gasteiger partial charge in [-0.2, -0.15) is 0 Å². The molecule has 1 unspecified atom stereocenters. The van der Waals surface area contributed by atoms with Gasteiger partial charge in [-0.15, -0.1) is 0 Å². The van der Waals surface area contributed by atoms with Crippen LogP contribution in [0.25, 0.3) is 0 Å². The molecule has 0 aliphatic carbocycles. The molecule has 1 aliphatic rings. The fourth-order valence-corrected chi connectivity index (χ4v) is 1.56. The summed E-state index contributed by atoms with van der Waals surface area (Å²) in [5.74, 6) is -1.71. The van der Waals surface area contributed by atoms with Crippen LogP contribution in [0.4, 0.5) is 4.79 Å². The molecule has 6 nitrogen and oxygen atoms in total. The van der Waals surface area contributed by atoms with Gasteiger partial charge in [0.2, 0.25) is 0 Å². The molecule has 1 aromatic heterocycles. The molecule has 1 N–H and O–H groups in total. The van der Waals surface area contributed by atoms with E-state index in [9.17, 15) is 14.4 Å². The van der Waals surface area contributed by atoms with Gasteiger partial charge in [0, 0.05) is 12.4 Å². The summed E-state index contributed by atoms with van der Waals surface area (Å²) in [6.45, 7) is 1.67. The van der Waals surface area contributed by atoms with Crippen LogP contribution in [-0.2, 0) is 9.59 Å². The lowest BCUT2D eigenvalue weighted by Gasteiger charge is -2.20. The second-order valence-electron chi connectivity index (χ2n) is 3.39. The number of aromatic nitrogens is 1. The van der Waals surface area contributed by atoms with Crippen LogP contribution in [-0.4, -0.2) is 27.7 Å². The van der Waals surface area contributed by atoms with E-state index in [0.29, 0.717) is 0 Å². The highest BCUT2D eigenvalue weighted by Gasteiger charge is 2.40. The first-order valence-corrected chi connectivity index (χ1v) is 4.69. The molecule has 6 heteroatoms. The minimum Gasteiger partial charge on any atom is -0.269 e. The van der Waals surface area contributed by atoms with Gasteiger partial charge < -0.3 is 0 Å². The summed E-state index contributed by atoms with van der Waals surface area (Å²) in [5.41, 5.74) is 0.744. The number of nitrogens with one attached hydrogen (secondary N) is 1. The minimum absolute atomic E-state index is 0.484. The number of amides is 4. The van der Waals surface area contributed by atoms with E-state index in [0.717, 1.165) is 10.5 Å². The average Bonchev–Trinajstić information content (AvgIpc) is 2.54. The van der Waals surface area contributed by atoms with E-state index >= 15 is 0 Å². The van der Waals surface area contributed by atoms with Gasteiger partial charge in [-0.25, -0.2) is 9.69 Å². The van der Waals surface area contributed by atoms with E-state index in [1.165, 1.54) is 0 Å². The number of carbonyl (C=O) groups is 3. The summed E-state index contributed by atoms with van der Waals surface area (Å²) >= 11 is 0. The van der Waals surface area contributed by atoms with Gasteiger partial charge in [-0.05, 0) is 24.6 Å². The largest absolute Gasteiger partial charge is 0.332 e. The van der Waals surface area contributed by atoms with E-state index in [4.69, 9.17) is 0 Å². The highest BCUT2D eigenvalue weighted by atomic mass is 16.2. The van der Waals surface area contributed by atoms with E-state index in [-0.39, 0.29) is 0 Å². The molecule has 1 aromatic rings. The Hall–Kier alpha value is -2.24. The third kappa shape index (κ3) is 1.54. The van der Waals surface area contributed by atoms with E-state index in [1.807, 2.05) is 5.32 Å². The van der Waals surface area contributed by atoms with Crippen LogP contribution in [0.5, 0.6) is 0 Å². The Morgan fingerprint density at radius 2 is 1.88 bits per heavy atom. The fourth-order valence-electron chi connectivity index (χ4n) is 1.56. The molecule has 16 heavy (non-hydrogen) atoms. The number of nitrogens with zero attached hydrogens (tertiary/aromatic N) is 2. The number of hydrogen-bond donors (Lipinski definition) is 1. The van der Waals surface area contributed by atoms with Gasteiger partial charge in [-0.3, -0.25) is 19.9 Å². The van der Waals surface area contributed by atoms with Crippen molar-refractivity contribution in [1.29, 1.82) is 0 Å². The highest BCUT2D eigenvalue weighted by molar-refractivity contribution is 6.44. The van der Waals surface area contributed by atoms with Crippen LogP contribution in [0.1, 0.15) is 18.5 Å². The van der Waals surface area contributed by atoms with Crippen LogP contribution in [0, 0.1) is 0 Å². The summed E-state index contributed by atoms with van der Waals surface area (Å²) in [7, 11) is 0. The molecule has 1 atom stereocenters. The third-order valence-electron chi connectivity index (χ3n) is 2.43. The van der Waals surface area contributed by atoms with Crippen molar-refractivity contribution in [2.75, 3.05) is 0 Å². The van der Waals surface area contributed by atoms with Gasteiger partial charge >= 0.3 is 17.8 Å². The Kier molecular flexibility index (Phi) is 2.40. The molecule has 4 amide bonds. The summed E-state index contributed by atoms with van der Waals surface area (Å²) in [4.78, 5) is 38.5. The molecule has 82 valence electrons. The predicted octanol–water partition coefficient (Wildman–Crippen LogP) is 0.221. The zero-order valence-electron chi connectivity index (χ0n) is 8.51. The molecule has 1 saturated heterocycles. The van der Waals surface area contributed by atoms with Crippen LogP contribution < -0.4 is 5.32 Å². The third-order valence-corrected chi connectivity index (χ3v) is 2.43. The molecule has 0 aromatic carbocycles. The Balaban J connectivity index is 2.29. The maximum absolute atomic E-state index is 11.4. The summed E-state index contributed by atoms with van der Waals surface area (Å²) < 4.78 is 0. The summed E-state index contributed by atoms with van der Waals surface area (Å²) in [6.07, 6.45) is 3.12. The summed E-state index contributed by atoms with van der Waals surface area (Å²) in [5, 5.41) is 1.95. The van der Waals surface area contributed by atoms with Crippen LogP contribution >= 0.6 is 0 Å². The summed E-state index contributed by atoms with van der Waals surface area (Å²) in [6, 6.07) is 2.21. The fraction of sp³-hybridized carbons (Fsp3) is 0.200. The van der Waals surface area contributed by atoms with E-state index < -0.39 is 23.9 Å². The molecule has 2 heterocycles. The van der Waals surface area contributed by atoms with Crippen molar-refractivity contribution in [2.45, 2.75) is 13.0 Å². The van der Waals surface area contributed by atoms with Crippen molar-refractivity contribution in [3.05, 3.63) is 30.1 Å². The van der Waals surface area contributed by atoms with Crippen molar-refractivity contribution < 1.29 is 14.4 Å². The van der Waals surface area contributed by atoms with Gasteiger partial charge in [0.25, 0.3) is 0 Å². The van der Waals surface area contributed by atoms with Crippen LogP contribution in [0.15, 0.2) is 24.5 Å². The Bertz CT molecular complexity index is 458. The molecule has 0 bridgehead atoms. The smallest absolute Gasteiger partial charge is 0.269 e. The van der Waals surface area contributed by atoms with Crippen molar-refractivity contribution in [2.24, 2.45) is 0 Å². The maximum atomic E-state index is 11.4. The van der Waals surface area contributed by atoms with Gasteiger partial charge in [0.1, 0.15) is 0 Å². The normalized spacial score (nSPS) is 17.6. The SMILES string of the molecule is CC(c1ccncc1)N1C(=O)NC(=O)C1=O. The Morgan fingerprint density at radius 3 is 2.38 bits per heavy atom. The molecule has 1 fully saturated rings. The number of hydrogen-bond acceptors (Lipinski definition) is 4. The lowest BCUT2D eigenvalue weighted by molar-refractivity contribution is -0.141. The lowest BCUT2D eigenvalue weighted by Crippen LogP contribution is -2.33. The van der Waals surface area contributed by atoms with Gasteiger partial charge in [-0.1, -0.05) is 0 Å². The first kappa shape index (κ1) is 10.3. The van der Waals surface area contributed by atoms with Crippen molar-refractivity contribution in [3.8, 4) is 0 Å². The molecule has 0 spiro atoms. The molecular formula is C10H9N3O3. The number of carbonyl (C=O) groups excluding carboxylic acids is 3. The average molecular weight is 219 g/mol. The Labute approximate surface area is 91.3 Å². The van der Waals surface area contributed by atoms with Crippen LogP contribution in [0.3, 0.4) is 0 Å². The number of rotatable bonds is 2. The van der Waals surface area contributed by atoms with Crippen LogP contribution in [0.2, 0.25) is 0 Å². The monoisotopic (exact) mass is 219 g/mol. The molecular weight excluding hydrogens is 210 g/mol. The molecule has 0 radical (unpaired) electrons. The maximum Gasteiger partial charge on any atom is 0.332 e. The standard InChI is InChI=1S/C10H9N3O3/c1-6(7-2-4-11-5-3-7)13-9(15)8(14)12-10(13)16/h2-6H,1H3,(H,12,14,16). The Morgan fingerprint density at radius 1 is 1.25 bits per heavy atom. The second kappa shape index (κ2) is 3.73. The first-order chi connectivity index (χ1) is 7.61. The molecule has 0 saturated carbocycles. The number of pyridine rings is 1. The zero-order valence-corrected chi connectivity index (χ0v) is 8.51. The highest BCUT2D eigenvalue weighted by Crippen LogP contribution is 2.21. The first-order valence-electron chi connectivity index (χ1n) is 4.69.